The van der Waals surface area contributed by atoms with E-state index in [9.17, 15) is 0 Å². The highest BCUT2D eigenvalue weighted by atomic mass is 16.5. The lowest BCUT2D eigenvalue weighted by atomic mass is 10.0. The van der Waals surface area contributed by atoms with Crippen LogP contribution in [-0.2, 0) is 16.5 Å². The first-order valence-corrected chi connectivity index (χ1v) is 7.65. The smallest absolute Gasteiger partial charge is 0.0911 e. The number of nitrogens with zero attached hydrogens (tertiary/aromatic N) is 3. The maximum atomic E-state index is 6.02. The van der Waals surface area contributed by atoms with Crippen molar-refractivity contribution in [3.8, 4) is 0 Å². The fourth-order valence-electron chi connectivity index (χ4n) is 2.84. The van der Waals surface area contributed by atoms with Crippen molar-refractivity contribution in [2.24, 2.45) is 7.05 Å². The van der Waals surface area contributed by atoms with Gasteiger partial charge in [-0.3, -0.25) is 9.58 Å². The Hall–Kier alpha value is -0.950. The highest BCUT2D eigenvalue weighted by molar-refractivity contribution is 5.10. The Balaban J connectivity index is 1.97. The first kappa shape index (κ1) is 16.4. The highest BCUT2D eigenvalue weighted by Crippen LogP contribution is 2.27. The number of aromatic nitrogens is 2. The van der Waals surface area contributed by atoms with Gasteiger partial charge in [0.2, 0.25) is 0 Å². The summed E-state index contributed by atoms with van der Waals surface area (Å²) in [6.45, 7) is 5.54. The van der Waals surface area contributed by atoms with Crippen molar-refractivity contribution < 1.29 is 9.47 Å². The molecule has 0 aliphatic carbocycles. The monoisotopic (exact) mass is 296 g/mol. The molecule has 0 aromatic carbocycles. The number of methoxy groups -OCH3 is 1. The maximum Gasteiger partial charge on any atom is 0.0911 e. The molecule has 1 aromatic heterocycles. The van der Waals surface area contributed by atoms with Gasteiger partial charge in [-0.25, -0.2) is 0 Å². The molecule has 6 heteroatoms. The molecule has 0 bridgehead atoms. The van der Waals surface area contributed by atoms with E-state index in [4.69, 9.17) is 9.47 Å². The summed E-state index contributed by atoms with van der Waals surface area (Å²) < 4.78 is 13.1. The number of morpholine rings is 1. The second-order valence-electron chi connectivity index (χ2n) is 5.81. The first-order valence-electron chi connectivity index (χ1n) is 7.65. The number of likely N-dealkylation sites (N-methyl/N-ethyl adjacent to an activating group) is 1. The summed E-state index contributed by atoms with van der Waals surface area (Å²) in [7, 11) is 5.88. The number of hydrogen-bond donors (Lipinski definition) is 1. The molecule has 1 N–H and O–H groups in total. The van der Waals surface area contributed by atoms with Crippen molar-refractivity contribution in [2.75, 3.05) is 40.5 Å². The fourth-order valence-corrected chi connectivity index (χ4v) is 2.84. The molecule has 0 saturated carbocycles. The summed E-state index contributed by atoms with van der Waals surface area (Å²) in [6, 6.07) is 2.75. The van der Waals surface area contributed by atoms with Crippen molar-refractivity contribution in [1.82, 2.24) is 20.0 Å². The average Bonchev–Trinajstić information content (AvgIpc) is 2.88. The molecule has 1 unspecified atom stereocenters. The molecule has 3 atom stereocenters. The zero-order valence-corrected chi connectivity index (χ0v) is 13.6. The molecule has 0 radical (unpaired) electrons. The lowest BCUT2D eigenvalue weighted by Crippen LogP contribution is -2.49. The minimum Gasteiger partial charge on any atom is -0.385 e. The van der Waals surface area contributed by atoms with Crippen LogP contribution in [0.25, 0.3) is 0 Å². The number of rotatable bonds is 7. The van der Waals surface area contributed by atoms with Crippen LogP contribution in [0.15, 0.2) is 12.3 Å². The van der Waals surface area contributed by atoms with Crippen LogP contribution in [0.1, 0.15) is 25.1 Å². The standard InChI is InChI=1S/C15H28N4O2/c1-12(6-9-20-4)16-11-14-15(18(2)8-10-21-14)13-5-7-17-19(13)3/h5,7,12,14-16H,6,8-11H2,1-4H3/t12?,14-,15-/m0/s1. The summed E-state index contributed by atoms with van der Waals surface area (Å²) in [4.78, 5) is 2.35. The minimum absolute atomic E-state index is 0.143. The van der Waals surface area contributed by atoms with E-state index in [1.165, 1.54) is 5.69 Å². The Morgan fingerprint density at radius 1 is 1.52 bits per heavy atom. The van der Waals surface area contributed by atoms with Crippen LogP contribution in [-0.4, -0.2) is 67.3 Å². The Bertz CT molecular complexity index is 424. The van der Waals surface area contributed by atoms with Crippen LogP contribution < -0.4 is 5.32 Å². The lowest BCUT2D eigenvalue weighted by molar-refractivity contribution is -0.0647. The Kier molecular flexibility index (Phi) is 6.17. The minimum atomic E-state index is 0.143. The van der Waals surface area contributed by atoms with Crippen molar-refractivity contribution in [3.05, 3.63) is 18.0 Å². The predicted molar refractivity (Wildman–Crippen MR) is 82.3 cm³/mol. The topological polar surface area (TPSA) is 51.5 Å². The molecule has 2 heterocycles. The van der Waals surface area contributed by atoms with E-state index in [1.54, 1.807) is 7.11 Å². The normalized spacial score (nSPS) is 25.1. The third-order valence-corrected chi connectivity index (χ3v) is 4.19. The molecule has 1 aliphatic rings. The van der Waals surface area contributed by atoms with Crippen LogP contribution in [0, 0.1) is 0 Å². The van der Waals surface area contributed by atoms with Crippen LogP contribution in [0.5, 0.6) is 0 Å². The van der Waals surface area contributed by atoms with E-state index in [1.807, 2.05) is 17.9 Å². The molecule has 1 aromatic rings. The maximum absolute atomic E-state index is 6.02. The zero-order valence-electron chi connectivity index (χ0n) is 13.6. The van der Waals surface area contributed by atoms with Crippen molar-refractivity contribution in [3.63, 3.8) is 0 Å². The number of aryl methyl sites for hydroxylation is 1. The zero-order chi connectivity index (χ0) is 15.2. The highest BCUT2D eigenvalue weighted by Gasteiger charge is 2.33. The van der Waals surface area contributed by atoms with Crippen molar-refractivity contribution >= 4 is 0 Å². The summed E-state index contributed by atoms with van der Waals surface area (Å²) in [5, 5.41) is 7.85. The Labute approximate surface area is 127 Å². The van der Waals surface area contributed by atoms with E-state index in [2.05, 4.69) is 35.4 Å². The molecule has 0 spiro atoms. The quantitative estimate of drug-likeness (QED) is 0.807. The summed E-state index contributed by atoms with van der Waals surface area (Å²) in [6.07, 6.45) is 3.00. The molecule has 120 valence electrons. The lowest BCUT2D eigenvalue weighted by Gasteiger charge is -2.39. The van der Waals surface area contributed by atoms with Gasteiger partial charge in [-0.2, -0.15) is 5.10 Å². The van der Waals surface area contributed by atoms with Gasteiger partial charge in [-0.15, -0.1) is 0 Å². The van der Waals surface area contributed by atoms with Crippen molar-refractivity contribution in [2.45, 2.75) is 31.5 Å². The molecule has 1 aliphatic heterocycles. The van der Waals surface area contributed by atoms with Crippen LogP contribution in [0.2, 0.25) is 0 Å². The van der Waals surface area contributed by atoms with E-state index < -0.39 is 0 Å². The number of ether oxygens (including phenoxy) is 2. The van der Waals surface area contributed by atoms with E-state index >= 15 is 0 Å². The molecular formula is C15H28N4O2. The second kappa shape index (κ2) is 7.89. The van der Waals surface area contributed by atoms with E-state index in [0.717, 1.165) is 32.7 Å². The van der Waals surface area contributed by atoms with Gasteiger partial charge in [0.25, 0.3) is 0 Å². The van der Waals surface area contributed by atoms with Gasteiger partial charge in [0.15, 0.2) is 0 Å². The van der Waals surface area contributed by atoms with Crippen molar-refractivity contribution in [1.29, 1.82) is 0 Å². The largest absolute Gasteiger partial charge is 0.385 e. The van der Waals surface area contributed by atoms with Gasteiger partial charge >= 0.3 is 0 Å². The molecular weight excluding hydrogens is 268 g/mol. The van der Waals surface area contributed by atoms with Gasteiger partial charge in [0.1, 0.15) is 0 Å². The SMILES string of the molecule is COCCC(C)NC[C@@H]1OCCN(C)[C@H]1c1ccnn1C. The summed E-state index contributed by atoms with van der Waals surface area (Å²) in [5.41, 5.74) is 1.20. The fraction of sp³-hybridized carbons (Fsp3) is 0.800. The van der Waals surface area contributed by atoms with Crippen LogP contribution >= 0.6 is 0 Å². The number of nitrogens with one attached hydrogen (secondary N) is 1. The van der Waals surface area contributed by atoms with Gasteiger partial charge in [-0.05, 0) is 26.5 Å². The Morgan fingerprint density at radius 3 is 3.00 bits per heavy atom. The number of hydrogen-bond acceptors (Lipinski definition) is 5. The van der Waals surface area contributed by atoms with Crippen LogP contribution in [0.4, 0.5) is 0 Å². The third kappa shape index (κ3) is 4.26. The van der Waals surface area contributed by atoms with E-state index in [-0.39, 0.29) is 12.1 Å². The first-order chi connectivity index (χ1) is 10.1. The molecule has 0 amide bonds. The third-order valence-electron chi connectivity index (χ3n) is 4.19. The van der Waals surface area contributed by atoms with Crippen LogP contribution in [0.3, 0.4) is 0 Å². The second-order valence-corrected chi connectivity index (χ2v) is 5.81. The molecule has 2 rings (SSSR count). The van der Waals surface area contributed by atoms with Gasteiger partial charge in [-0.1, -0.05) is 0 Å². The Morgan fingerprint density at radius 2 is 2.33 bits per heavy atom. The summed E-state index contributed by atoms with van der Waals surface area (Å²) in [5.74, 6) is 0. The van der Waals surface area contributed by atoms with Gasteiger partial charge in [0, 0.05) is 46.1 Å². The molecule has 21 heavy (non-hydrogen) atoms. The average molecular weight is 296 g/mol. The van der Waals surface area contributed by atoms with Gasteiger partial charge in [0.05, 0.1) is 24.4 Å². The van der Waals surface area contributed by atoms with Gasteiger partial charge < -0.3 is 14.8 Å². The molecule has 6 nitrogen and oxygen atoms in total. The predicted octanol–water partition coefficient (Wildman–Crippen LogP) is 0.806. The molecule has 1 fully saturated rings. The molecule has 1 saturated heterocycles. The summed E-state index contributed by atoms with van der Waals surface area (Å²) >= 11 is 0. The van der Waals surface area contributed by atoms with E-state index in [0.29, 0.717) is 6.04 Å².